The summed E-state index contributed by atoms with van der Waals surface area (Å²) in [6, 6.07) is 94.5. The predicted octanol–water partition coefficient (Wildman–Crippen LogP) is 18.3. The summed E-state index contributed by atoms with van der Waals surface area (Å²) in [7, 11) is 0. The predicted molar refractivity (Wildman–Crippen MR) is 289 cm³/mol. The maximum absolute atomic E-state index is 6.71. The first kappa shape index (κ1) is 39.9. The molecule has 0 radical (unpaired) electrons. The van der Waals surface area contributed by atoms with Crippen molar-refractivity contribution in [3.63, 3.8) is 0 Å². The summed E-state index contributed by atoms with van der Waals surface area (Å²) in [6.07, 6.45) is 0. The summed E-state index contributed by atoms with van der Waals surface area (Å²) < 4.78 is 13.1. The van der Waals surface area contributed by atoms with Gasteiger partial charge in [-0.1, -0.05) is 188 Å². The van der Waals surface area contributed by atoms with Crippen LogP contribution < -0.4 is 4.90 Å². The summed E-state index contributed by atoms with van der Waals surface area (Å²) in [4.78, 5) is 2.42. The fraction of sp³-hybridized carbons (Fsp3) is 0.0149. The van der Waals surface area contributed by atoms with Crippen LogP contribution in [0, 0.1) is 0 Å². The molecular formula is C67H43NO2. The lowest BCUT2D eigenvalue weighted by Crippen LogP contribution is -2.29. The van der Waals surface area contributed by atoms with E-state index in [1.165, 1.54) is 44.5 Å². The Morgan fingerprint density at radius 3 is 1.56 bits per heavy atom. The fourth-order valence-corrected chi connectivity index (χ4v) is 11.4. The van der Waals surface area contributed by atoms with E-state index >= 15 is 0 Å². The van der Waals surface area contributed by atoms with Crippen molar-refractivity contribution in [2.24, 2.45) is 0 Å². The maximum atomic E-state index is 6.71. The van der Waals surface area contributed by atoms with Crippen molar-refractivity contribution < 1.29 is 8.83 Å². The second-order valence-corrected chi connectivity index (χ2v) is 18.4. The number of hydrogen-bond acceptors (Lipinski definition) is 3. The molecule has 2 aromatic heterocycles. The smallest absolute Gasteiger partial charge is 0.137 e. The summed E-state index contributed by atoms with van der Waals surface area (Å²) in [5.41, 5.74) is 20.3. The van der Waals surface area contributed by atoms with Crippen LogP contribution in [0.25, 0.3) is 88.4 Å². The number of furan rings is 2. The second-order valence-electron chi connectivity index (χ2n) is 18.4. The van der Waals surface area contributed by atoms with Gasteiger partial charge in [0.2, 0.25) is 0 Å². The average Bonchev–Trinajstić information content (AvgIpc) is 4.10. The zero-order valence-corrected chi connectivity index (χ0v) is 38.1. The van der Waals surface area contributed by atoms with E-state index in [1.807, 2.05) is 12.1 Å². The molecule has 0 atom stereocenters. The molecule has 0 saturated carbocycles. The van der Waals surface area contributed by atoms with Crippen LogP contribution in [0.5, 0.6) is 0 Å². The highest BCUT2D eigenvalue weighted by Gasteiger charge is 2.46. The molecule has 0 bridgehead atoms. The van der Waals surface area contributed by atoms with Gasteiger partial charge in [0.15, 0.2) is 0 Å². The molecule has 70 heavy (non-hydrogen) atoms. The van der Waals surface area contributed by atoms with Crippen LogP contribution in [0.15, 0.2) is 270 Å². The molecule has 328 valence electrons. The van der Waals surface area contributed by atoms with Gasteiger partial charge in [-0.05, 0) is 140 Å². The van der Waals surface area contributed by atoms with Crippen LogP contribution in [0.2, 0.25) is 0 Å². The minimum atomic E-state index is -0.627. The van der Waals surface area contributed by atoms with Gasteiger partial charge in [-0.25, -0.2) is 0 Å². The van der Waals surface area contributed by atoms with Crippen molar-refractivity contribution in [1.82, 2.24) is 0 Å². The van der Waals surface area contributed by atoms with Gasteiger partial charge in [-0.2, -0.15) is 0 Å². The van der Waals surface area contributed by atoms with E-state index in [9.17, 15) is 0 Å². The standard InChI is InChI=1S/C67H43NO2/c1-3-16-44(17-4-1)47-20-13-21-50(40-47)67(59-27-10-7-24-54(59)55-25-8-11-28-60(55)67)51-22-14-23-53(43-51)68(52-36-32-46(33-37-52)49-34-38-57-56-26-9-12-30-62(56)70-65(57)42-49)61-29-15-31-64-66(61)58-41-48(35-39-63(58)69-64)45-18-5-2-6-19-45/h1-43H. The van der Waals surface area contributed by atoms with Crippen molar-refractivity contribution in [2.75, 3.05) is 4.90 Å². The van der Waals surface area contributed by atoms with Crippen LogP contribution in [-0.2, 0) is 5.41 Å². The van der Waals surface area contributed by atoms with Crippen LogP contribution >= 0.6 is 0 Å². The maximum Gasteiger partial charge on any atom is 0.137 e. The second kappa shape index (κ2) is 16.0. The minimum absolute atomic E-state index is 0.627. The van der Waals surface area contributed by atoms with Gasteiger partial charge in [0.25, 0.3) is 0 Å². The molecule has 11 aromatic carbocycles. The summed E-state index contributed by atoms with van der Waals surface area (Å²) in [6.45, 7) is 0. The number of benzene rings is 11. The molecule has 14 rings (SSSR count). The molecule has 0 spiro atoms. The lowest BCUT2D eigenvalue weighted by Gasteiger charge is -2.35. The van der Waals surface area contributed by atoms with Crippen LogP contribution in [0.3, 0.4) is 0 Å². The number of hydrogen-bond donors (Lipinski definition) is 0. The Bertz CT molecular complexity index is 4080. The SMILES string of the molecule is c1ccc(-c2cccc(C3(c4cccc(N(c5ccc(-c6ccc7c(c6)oc6ccccc67)cc5)c5cccc6oc7ccc(-c8ccccc8)cc7c56)c4)c4ccccc4-c4ccccc43)c2)cc1. The number of nitrogens with zero attached hydrogens (tertiary/aromatic N) is 1. The van der Waals surface area contributed by atoms with E-state index in [1.54, 1.807) is 0 Å². The number of anilines is 3. The van der Waals surface area contributed by atoms with Gasteiger partial charge in [-0.15, -0.1) is 0 Å². The Kier molecular flexibility index (Phi) is 9.11. The first-order valence-corrected chi connectivity index (χ1v) is 24.0. The molecular weight excluding hydrogens is 851 g/mol. The Morgan fingerprint density at radius 2 is 0.800 bits per heavy atom. The summed E-state index contributed by atoms with van der Waals surface area (Å²) in [5, 5.41) is 4.37. The van der Waals surface area contributed by atoms with Crippen LogP contribution in [0.1, 0.15) is 22.3 Å². The van der Waals surface area contributed by atoms with E-state index in [0.717, 1.165) is 83.2 Å². The van der Waals surface area contributed by atoms with Crippen molar-refractivity contribution in [1.29, 1.82) is 0 Å². The minimum Gasteiger partial charge on any atom is -0.456 e. The highest BCUT2D eigenvalue weighted by molar-refractivity contribution is 6.14. The first-order chi connectivity index (χ1) is 34.7. The van der Waals surface area contributed by atoms with Crippen LogP contribution in [-0.4, -0.2) is 0 Å². The Labute approximate surface area is 405 Å². The molecule has 0 fully saturated rings. The van der Waals surface area contributed by atoms with E-state index in [2.05, 4.69) is 254 Å². The van der Waals surface area contributed by atoms with Gasteiger partial charge in [0, 0.05) is 27.5 Å². The fourth-order valence-electron chi connectivity index (χ4n) is 11.4. The lowest BCUT2D eigenvalue weighted by molar-refractivity contribution is 0.668. The molecule has 0 unspecified atom stereocenters. The van der Waals surface area contributed by atoms with Gasteiger partial charge in [-0.3, -0.25) is 0 Å². The van der Waals surface area contributed by atoms with E-state index in [0.29, 0.717) is 0 Å². The van der Waals surface area contributed by atoms with Crippen molar-refractivity contribution in [3.8, 4) is 44.5 Å². The van der Waals surface area contributed by atoms with E-state index < -0.39 is 5.41 Å². The third-order valence-electron chi connectivity index (χ3n) is 14.6. The van der Waals surface area contributed by atoms with Gasteiger partial charge in [0.1, 0.15) is 22.3 Å². The van der Waals surface area contributed by atoms with Crippen molar-refractivity contribution >= 4 is 60.9 Å². The van der Waals surface area contributed by atoms with Crippen molar-refractivity contribution in [3.05, 3.63) is 283 Å². The molecule has 2 heterocycles. The molecule has 0 aliphatic heterocycles. The third kappa shape index (κ3) is 6.22. The monoisotopic (exact) mass is 893 g/mol. The molecule has 3 heteroatoms. The highest BCUT2D eigenvalue weighted by atomic mass is 16.3. The average molecular weight is 894 g/mol. The summed E-state index contributed by atoms with van der Waals surface area (Å²) >= 11 is 0. The highest BCUT2D eigenvalue weighted by Crippen LogP contribution is 2.57. The number of rotatable bonds is 8. The molecule has 3 nitrogen and oxygen atoms in total. The zero-order valence-electron chi connectivity index (χ0n) is 38.1. The largest absolute Gasteiger partial charge is 0.456 e. The molecule has 0 amide bonds. The van der Waals surface area contributed by atoms with E-state index in [4.69, 9.17) is 8.83 Å². The normalized spacial score (nSPS) is 12.7. The zero-order chi connectivity index (χ0) is 46.2. The van der Waals surface area contributed by atoms with Gasteiger partial charge >= 0.3 is 0 Å². The number of para-hydroxylation sites is 1. The Balaban J connectivity index is 0.993. The van der Waals surface area contributed by atoms with Crippen molar-refractivity contribution in [2.45, 2.75) is 5.41 Å². The molecule has 1 aliphatic carbocycles. The third-order valence-corrected chi connectivity index (χ3v) is 14.6. The first-order valence-electron chi connectivity index (χ1n) is 24.0. The van der Waals surface area contributed by atoms with Gasteiger partial charge < -0.3 is 13.7 Å². The van der Waals surface area contributed by atoms with Gasteiger partial charge in [0.05, 0.1) is 16.5 Å². The molecule has 1 aliphatic rings. The summed E-state index contributed by atoms with van der Waals surface area (Å²) in [5.74, 6) is 0. The molecule has 13 aromatic rings. The molecule has 0 saturated heterocycles. The Hall–Kier alpha value is -9.18. The topological polar surface area (TPSA) is 29.5 Å². The molecule has 0 N–H and O–H groups in total. The van der Waals surface area contributed by atoms with Crippen LogP contribution in [0.4, 0.5) is 17.1 Å². The van der Waals surface area contributed by atoms with E-state index in [-0.39, 0.29) is 0 Å². The number of fused-ring (bicyclic) bond motifs is 9. The Morgan fingerprint density at radius 1 is 0.286 bits per heavy atom. The lowest BCUT2D eigenvalue weighted by atomic mass is 9.67. The quantitative estimate of drug-likeness (QED) is 0.152.